The molecule has 0 heterocycles. The smallest absolute Gasteiger partial charge is 0.0997 e. The average molecular weight is 330 g/mol. The monoisotopic (exact) mass is 330 g/mol. The summed E-state index contributed by atoms with van der Waals surface area (Å²) in [4.78, 5) is 0. The highest BCUT2D eigenvalue weighted by Crippen LogP contribution is 2.24. The molecule has 2 nitrogen and oxygen atoms in total. The molecule has 2 rings (SSSR count). The van der Waals surface area contributed by atoms with Gasteiger partial charge in [0.1, 0.15) is 0 Å². The van der Waals surface area contributed by atoms with Crippen LogP contribution in [-0.4, -0.2) is 0 Å². The van der Waals surface area contributed by atoms with E-state index in [0.29, 0.717) is 0 Å². The Morgan fingerprint density at radius 2 is 0.880 bits per heavy atom. The first-order valence-corrected chi connectivity index (χ1v) is 9.21. The van der Waals surface area contributed by atoms with Crippen LogP contribution in [0.25, 0.3) is 0 Å². The predicted molar refractivity (Wildman–Crippen MR) is 103 cm³/mol. The SMILES string of the molecule is CCc1cc(Cc2cc(CC)c(C#N)c(CC)c2)cc(CC)c1C#N. The molecule has 128 valence electrons. The van der Waals surface area contributed by atoms with E-state index in [1.54, 1.807) is 0 Å². The second kappa shape index (κ2) is 8.50. The number of nitriles is 2. The number of benzene rings is 2. The topological polar surface area (TPSA) is 47.6 Å². The van der Waals surface area contributed by atoms with Crippen molar-refractivity contribution in [3.63, 3.8) is 0 Å². The fraction of sp³-hybridized carbons (Fsp3) is 0.391. The summed E-state index contributed by atoms with van der Waals surface area (Å²) in [6, 6.07) is 13.4. The lowest BCUT2D eigenvalue weighted by Gasteiger charge is -2.14. The lowest BCUT2D eigenvalue weighted by molar-refractivity contribution is 1.02. The van der Waals surface area contributed by atoms with Crippen molar-refractivity contribution in [3.05, 3.63) is 68.8 Å². The molecule has 0 saturated heterocycles. The largest absolute Gasteiger partial charge is 0.192 e. The van der Waals surface area contributed by atoms with Gasteiger partial charge in [-0.3, -0.25) is 0 Å². The van der Waals surface area contributed by atoms with E-state index in [1.165, 1.54) is 11.1 Å². The molecule has 0 bridgehead atoms. The lowest BCUT2D eigenvalue weighted by atomic mass is 9.90. The predicted octanol–water partition coefficient (Wildman–Crippen LogP) is 5.27. The Kier molecular flexibility index (Phi) is 6.37. The zero-order chi connectivity index (χ0) is 18.4. The van der Waals surface area contributed by atoms with E-state index in [9.17, 15) is 10.5 Å². The van der Waals surface area contributed by atoms with Gasteiger partial charge in [0.15, 0.2) is 0 Å². The molecule has 0 saturated carbocycles. The van der Waals surface area contributed by atoms with Gasteiger partial charge in [-0.15, -0.1) is 0 Å². The summed E-state index contributed by atoms with van der Waals surface area (Å²) in [5.74, 6) is 0. The van der Waals surface area contributed by atoms with Crippen molar-refractivity contribution in [2.75, 3.05) is 0 Å². The summed E-state index contributed by atoms with van der Waals surface area (Å²) >= 11 is 0. The van der Waals surface area contributed by atoms with Crippen LogP contribution in [0.15, 0.2) is 24.3 Å². The lowest BCUT2D eigenvalue weighted by Crippen LogP contribution is -2.02. The van der Waals surface area contributed by atoms with Crippen LogP contribution in [0.5, 0.6) is 0 Å². The van der Waals surface area contributed by atoms with Gasteiger partial charge in [0.05, 0.1) is 23.3 Å². The normalized spacial score (nSPS) is 10.3. The molecule has 0 radical (unpaired) electrons. The third-order valence-corrected chi connectivity index (χ3v) is 4.88. The van der Waals surface area contributed by atoms with Crippen LogP contribution >= 0.6 is 0 Å². The zero-order valence-corrected chi connectivity index (χ0v) is 15.7. The van der Waals surface area contributed by atoms with Gasteiger partial charge in [0.2, 0.25) is 0 Å². The van der Waals surface area contributed by atoms with Crippen molar-refractivity contribution >= 4 is 0 Å². The van der Waals surface area contributed by atoms with Gasteiger partial charge in [-0.1, -0.05) is 52.0 Å². The van der Waals surface area contributed by atoms with Crippen molar-refractivity contribution in [3.8, 4) is 12.1 Å². The molecule has 0 aliphatic heterocycles. The number of rotatable bonds is 6. The number of hydrogen-bond acceptors (Lipinski definition) is 2. The molecule has 2 aromatic rings. The van der Waals surface area contributed by atoms with Crippen molar-refractivity contribution in [2.24, 2.45) is 0 Å². The molecule has 2 heteroatoms. The Morgan fingerprint density at radius 3 is 1.08 bits per heavy atom. The first-order chi connectivity index (χ1) is 12.1. The van der Waals surface area contributed by atoms with Gasteiger partial charge >= 0.3 is 0 Å². The third kappa shape index (κ3) is 3.92. The molecular formula is C23H26N2. The van der Waals surface area contributed by atoms with Crippen LogP contribution in [0.1, 0.15) is 72.2 Å². The molecule has 0 unspecified atom stereocenters. The maximum atomic E-state index is 9.46. The summed E-state index contributed by atoms with van der Waals surface area (Å²) in [7, 11) is 0. The van der Waals surface area contributed by atoms with Crippen molar-refractivity contribution in [1.82, 2.24) is 0 Å². The van der Waals surface area contributed by atoms with E-state index in [1.807, 2.05) is 0 Å². The van der Waals surface area contributed by atoms with Crippen LogP contribution < -0.4 is 0 Å². The molecule has 0 aliphatic rings. The molecule has 0 aromatic heterocycles. The summed E-state index contributed by atoms with van der Waals surface area (Å²) in [5, 5.41) is 18.9. The van der Waals surface area contributed by atoms with Gasteiger partial charge in [0, 0.05) is 0 Å². The zero-order valence-electron chi connectivity index (χ0n) is 15.7. The van der Waals surface area contributed by atoms with Crippen LogP contribution in [0.4, 0.5) is 0 Å². The standard InChI is InChI=1S/C23H26N2/c1-5-18-10-16(11-19(6-2)22(18)14-24)9-17-12-20(7-3)23(15-25)21(8-4)13-17/h10-13H,5-9H2,1-4H3. The molecular weight excluding hydrogens is 304 g/mol. The quantitative estimate of drug-likeness (QED) is 0.724. The van der Waals surface area contributed by atoms with Crippen molar-refractivity contribution in [1.29, 1.82) is 10.5 Å². The maximum absolute atomic E-state index is 9.46. The fourth-order valence-corrected chi connectivity index (χ4v) is 3.52. The summed E-state index contributed by atoms with van der Waals surface area (Å²) in [6.45, 7) is 8.41. The average Bonchev–Trinajstić information content (AvgIpc) is 2.65. The van der Waals surface area contributed by atoms with E-state index < -0.39 is 0 Å². The Hall–Kier alpha value is -2.58. The molecule has 25 heavy (non-hydrogen) atoms. The number of aryl methyl sites for hydroxylation is 4. The molecule has 0 fully saturated rings. The van der Waals surface area contributed by atoms with E-state index in [2.05, 4.69) is 64.1 Å². The van der Waals surface area contributed by atoms with Gasteiger partial charge in [0.25, 0.3) is 0 Å². The minimum atomic E-state index is 0.845. The number of hydrogen-bond donors (Lipinski definition) is 0. The first-order valence-electron chi connectivity index (χ1n) is 9.21. The van der Waals surface area contributed by atoms with Gasteiger partial charge in [-0.25, -0.2) is 0 Å². The Morgan fingerprint density at radius 1 is 0.600 bits per heavy atom. The highest BCUT2D eigenvalue weighted by molar-refractivity contribution is 5.50. The van der Waals surface area contributed by atoms with E-state index in [4.69, 9.17) is 0 Å². The Balaban J connectivity index is 2.50. The van der Waals surface area contributed by atoms with Gasteiger partial charge in [-0.05, 0) is 65.5 Å². The highest BCUT2D eigenvalue weighted by atomic mass is 14.3. The third-order valence-electron chi connectivity index (χ3n) is 4.88. The van der Waals surface area contributed by atoms with E-state index in [0.717, 1.165) is 65.5 Å². The van der Waals surface area contributed by atoms with Gasteiger partial charge in [-0.2, -0.15) is 10.5 Å². The molecule has 2 aromatic carbocycles. The minimum Gasteiger partial charge on any atom is -0.192 e. The molecule has 0 amide bonds. The van der Waals surface area contributed by atoms with Crippen molar-refractivity contribution in [2.45, 2.75) is 59.8 Å². The molecule has 0 atom stereocenters. The summed E-state index contributed by atoms with van der Waals surface area (Å²) < 4.78 is 0. The second-order valence-electron chi connectivity index (χ2n) is 6.39. The minimum absolute atomic E-state index is 0.845. The highest BCUT2D eigenvalue weighted by Gasteiger charge is 2.12. The van der Waals surface area contributed by atoms with E-state index in [-0.39, 0.29) is 0 Å². The van der Waals surface area contributed by atoms with Gasteiger partial charge < -0.3 is 0 Å². The van der Waals surface area contributed by atoms with E-state index >= 15 is 0 Å². The maximum Gasteiger partial charge on any atom is 0.0997 e. The molecule has 0 N–H and O–H groups in total. The Bertz CT molecular complexity index is 726. The second-order valence-corrected chi connectivity index (χ2v) is 6.39. The van der Waals surface area contributed by atoms with Crippen LogP contribution in [-0.2, 0) is 32.1 Å². The Labute approximate surface area is 151 Å². The van der Waals surface area contributed by atoms with Crippen LogP contribution in [0, 0.1) is 22.7 Å². The number of nitrogens with zero attached hydrogens (tertiary/aromatic N) is 2. The first kappa shape index (κ1) is 18.8. The molecule has 0 spiro atoms. The van der Waals surface area contributed by atoms with Crippen LogP contribution in [0.3, 0.4) is 0 Å². The fourth-order valence-electron chi connectivity index (χ4n) is 3.52. The van der Waals surface area contributed by atoms with Crippen LogP contribution in [0.2, 0.25) is 0 Å². The summed E-state index contributed by atoms with van der Waals surface area (Å²) in [5.41, 5.74) is 8.74. The summed E-state index contributed by atoms with van der Waals surface area (Å²) in [6.07, 6.45) is 4.33. The molecule has 0 aliphatic carbocycles. The van der Waals surface area contributed by atoms with Crippen molar-refractivity contribution < 1.29 is 0 Å².